The van der Waals surface area contributed by atoms with Gasteiger partial charge in [-0.3, -0.25) is 14.4 Å². The minimum absolute atomic E-state index is 0.0276. The van der Waals surface area contributed by atoms with Crippen LogP contribution in [0.1, 0.15) is 37.0 Å². The van der Waals surface area contributed by atoms with E-state index in [9.17, 15) is 34.5 Å². The largest absolute Gasteiger partial charge is 0.508 e. The molecule has 4 rings (SSSR count). The fourth-order valence-electron chi connectivity index (χ4n) is 5.27. The molecular weight excluding hydrogens is 602 g/mol. The number of phenolic OH excluding ortho intramolecular Hbond substituents is 2. The normalized spacial score (nSPS) is 14.4. The lowest BCUT2D eigenvalue weighted by atomic mass is 9.96. The Morgan fingerprint density at radius 1 is 0.745 bits per heavy atom. The Morgan fingerprint density at radius 2 is 1.32 bits per heavy atom. The summed E-state index contributed by atoms with van der Waals surface area (Å²) in [5, 5.41) is 37.9. The number of hydrogen-bond donors (Lipinski definition) is 8. The number of nitrogens with one attached hydrogen (secondary N) is 4. The van der Waals surface area contributed by atoms with Gasteiger partial charge >= 0.3 is 5.97 Å². The number of fused-ring (bicyclic) bond motifs is 1. The summed E-state index contributed by atoms with van der Waals surface area (Å²) in [4.78, 5) is 56.0. The number of amides is 3. The van der Waals surface area contributed by atoms with Crippen molar-refractivity contribution in [3.63, 3.8) is 0 Å². The Labute approximate surface area is 272 Å². The van der Waals surface area contributed by atoms with Crippen molar-refractivity contribution in [2.24, 2.45) is 11.7 Å². The molecule has 1 heterocycles. The number of benzene rings is 3. The highest BCUT2D eigenvalue weighted by Crippen LogP contribution is 2.20. The number of aromatic amines is 1. The van der Waals surface area contributed by atoms with Gasteiger partial charge in [0.25, 0.3) is 0 Å². The second kappa shape index (κ2) is 15.8. The van der Waals surface area contributed by atoms with Crippen LogP contribution in [0.2, 0.25) is 0 Å². The first kappa shape index (κ1) is 34.5. The van der Waals surface area contributed by atoms with Crippen LogP contribution in [-0.2, 0) is 38.4 Å². The lowest BCUT2D eigenvalue weighted by molar-refractivity contribution is -0.142. The minimum Gasteiger partial charge on any atom is -0.508 e. The first-order chi connectivity index (χ1) is 22.4. The first-order valence-corrected chi connectivity index (χ1v) is 15.5. The molecule has 5 unspecified atom stereocenters. The van der Waals surface area contributed by atoms with E-state index in [1.165, 1.54) is 24.3 Å². The third-order valence-corrected chi connectivity index (χ3v) is 8.24. The molecule has 3 amide bonds. The Kier molecular flexibility index (Phi) is 11.6. The molecule has 5 atom stereocenters. The predicted molar refractivity (Wildman–Crippen MR) is 176 cm³/mol. The van der Waals surface area contributed by atoms with Crippen molar-refractivity contribution < 1.29 is 34.5 Å². The van der Waals surface area contributed by atoms with Gasteiger partial charge in [0, 0.05) is 29.9 Å². The molecule has 248 valence electrons. The SMILES string of the molecule is CCC(C)C(NC(=O)C(Cc1c[nH]c2ccccc12)NC(=O)C(N)Cc1ccc(O)cc1)C(=O)NC(Cc1ccc(O)cc1)C(=O)O. The summed E-state index contributed by atoms with van der Waals surface area (Å²) in [6.45, 7) is 3.61. The molecular formula is C35H41N5O7. The average molecular weight is 644 g/mol. The molecule has 0 saturated carbocycles. The summed E-state index contributed by atoms with van der Waals surface area (Å²) in [7, 11) is 0. The summed E-state index contributed by atoms with van der Waals surface area (Å²) < 4.78 is 0. The van der Waals surface area contributed by atoms with Crippen molar-refractivity contribution in [1.29, 1.82) is 0 Å². The van der Waals surface area contributed by atoms with Gasteiger partial charge in [0.2, 0.25) is 17.7 Å². The molecule has 1 aromatic heterocycles. The van der Waals surface area contributed by atoms with Gasteiger partial charge < -0.3 is 42.0 Å². The van der Waals surface area contributed by atoms with Crippen molar-refractivity contribution in [2.75, 3.05) is 0 Å². The molecule has 0 radical (unpaired) electrons. The first-order valence-electron chi connectivity index (χ1n) is 15.5. The number of aromatic hydroxyl groups is 2. The summed E-state index contributed by atoms with van der Waals surface area (Å²) in [5.74, 6) is -3.43. The second-order valence-corrected chi connectivity index (χ2v) is 11.7. The lowest BCUT2D eigenvalue weighted by Gasteiger charge is -2.28. The fourth-order valence-corrected chi connectivity index (χ4v) is 5.27. The van der Waals surface area contributed by atoms with Gasteiger partial charge in [-0.2, -0.15) is 0 Å². The molecule has 12 heteroatoms. The van der Waals surface area contributed by atoms with Crippen LogP contribution in [0.15, 0.2) is 79.0 Å². The van der Waals surface area contributed by atoms with Crippen molar-refractivity contribution in [3.8, 4) is 11.5 Å². The number of carbonyl (C=O) groups excluding carboxylic acids is 3. The molecule has 0 aliphatic heterocycles. The van der Waals surface area contributed by atoms with E-state index >= 15 is 0 Å². The topological polar surface area (TPSA) is 207 Å². The zero-order valence-electron chi connectivity index (χ0n) is 26.3. The molecule has 4 aromatic rings. The van der Waals surface area contributed by atoms with E-state index < -0.39 is 47.9 Å². The Hall–Kier alpha value is -5.36. The summed E-state index contributed by atoms with van der Waals surface area (Å²) in [6, 6.07) is 15.3. The molecule has 0 aliphatic rings. The number of aromatic nitrogens is 1. The van der Waals surface area contributed by atoms with Crippen LogP contribution in [0.4, 0.5) is 0 Å². The van der Waals surface area contributed by atoms with Crippen molar-refractivity contribution in [2.45, 2.75) is 63.7 Å². The molecule has 0 spiro atoms. The Bertz CT molecular complexity index is 1690. The molecule has 0 aliphatic carbocycles. The highest BCUT2D eigenvalue weighted by atomic mass is 16.4. The van der Waals surface area contributed by atoms with Crippen molar-refractivity contribution >= 4 is 34.6 Å². The number of carbonyl (C=O) groups is 4. The van der Waals surface area contributed by atoms with E-state index in [0.29, 0.717) is 12.0 Å². The standard InChI is InChI=1S/C35H41N5O7/c1-3-20(2)31(34(45)39-30(35(46)47)17-22-10-14-25(42)15-11-22)40-33(44)29(18-23-19-37-28-7-5-4-6-26(23)28)38-32(43)27(36)16-21-8-12-24(41)13-9-21/h4-15,19-20,27,29-31,37,41-42H,3,16-18,36H2,1-2H3,(H,38,43)(H,39,45)(H,40,44)(H,46,47). The second-order valence-electron chi connectivity index (χ2n) is 11.7. The Balaban J connectivity index is 1.54. The predicted octanol–water partition coefficient (Wildman–Crippen LogP) is 2.52. The van der Waals surface area contributed by atoms with E-state index in [1.807, 2.05) is 31.2 Å². The van der Waals surface area contributed by atoms with Crippen LogP contribution < -0.4 is 21.7 Å². The summed E-state index contributed by atoms with van der Waals surface area (Å²) >= 11 is 0. The van der Waals surface area contributed by atoms with Crippen molar-refractivity contribution in [3.05, 3.63) is 95.7 Å². The van der Waals surface area contributed by atoms with E-state index in [-0.39, 0.29) is 36.7 Å². The van der Waals surface area contributed by atoms with Crippen LogP contribution in [0.3, 0.4) is 0 Å². The average Bonchev–Trinajstić information content (AvgIpc) is 3.46. The van der Waals surface area contributed by atoms with Gasteiger partial charge in [-0.1, -0.05) is 62.7 Å². The van der Waals surface area contributed by atoms with Crippen LogP contribution in [0.5, 0.6) is 11.5 Å². The summed E-state index contributed by atoms with van der Waals surface area (Å²) in [5.41, 5.74) is 9.15. The van der Waals surface area contributed by atoms with Gasteiger partial charge in [-0.05, 0) is 59.4 Å². The number of hydrogen-bond acceptors (Lipinski definition) is 7. The lowest BCUT2D eigenvalue weighted by Crippen LogP contribution is -2.59. The number of aliphatic carboxylic acids is 1. The zero-order chi connectivity index (χ0) is 34.1. The zero-order valence-corrected chi connectivity index (χ0v) is 26.3. The van der Waals surface area contributed by atoms with Crippen molar-refractivity contribution in [1.82, 2.24) is 20.9 Å². The van der Waals surface area contributed by atoms with Gasteiger partial charge in [-0.15, -0.1) is 0 Å². The highest BCUT2D eigenvalue weighted by molar-refractivity contribution is 5.95. The molecule has 3 aromatic carbocycles. The number of para-hydroxylation sites is 1. The molecule has 12 nitrogen and oxygen atoms in total. The molecule has 47 heavy (non-hydrogen) atoms. The number of phenols is 2. The number of rotatable bonds is 15. The molecule has 0 fully saturated rings. The maximum absolute atomic E-state index is 13.9. The van der Waals surface area contributed by atoms with Gasteiger partial charge in [0.1, 0.15) is 29.6 Å². The molecule has 0 bridgehead atoms. The van der Waals surface area contributed by atoms with E-state index in [1.54, 1.807) is 37.4 Å². The van der Waals surface area contributed by atoms with Gasteiger partial charge in [0.15, 0.2) is 0 Å². The fraction of sp³-hybridized carbons (Fsp3) is 0.314. The van der Waals surface area contributed by atoms with Gasteiger partial charge in [0.05, 0.1) is 6.04 Å². The minimum atomic E-state index is -1.30. The number of nitrogens with two attached hydrogens (primary N) is 1. The quantitative estimate of drug-likeness (QED) is 0.0963. The van der Waals surface area contributed by atoms with E-state index in [2.05, 4.69) is 20.9 Å². The monoisotopic (exact) mass is 643 g/mol. The van der Waals surface area contributed by atoms with E-state index in [0.717, 1.165) is 22.0 Å². The van der Waals surface area contributed by atoms with Gasteiger partial charge in [-0.25, -0.2) is 4.79 Å². The number of carboxylic acids is 1. The number of carboxylic acid groups (broad SMARTS) is 1. The third kappa shape index (κ3) is 9.33. The smallest absolute Gasteiger partial charge is 0.326 e. The highest BCUT2D eigenvalue weighted by Gasteiger charge is 2.33. The number of H-pyrrole nitrogens is 1. The Morgan fingerprint density at radius 3 is 1.91 bits per heavy atom. The maximum atomic E-state index is 13.9. The third-order valence-electron chi connectivity index (χ3n) is 8.24. The van der Waals surface area contributed by atoms with Crippen LogP contribution in [0, 0.1) is 5.92 Å². The maximum Gasteiger partial charge on any atom is 0.326 e. The van der Waals surface area contributed by atoms with Crippen LogP contribution >= 0.6 is 0 Å². The van der Waals surface area contributed by atoms with E-state index in [4.69, 9.17) is 5.73 Å². The molecule has 9 N–H and O–H groups in total. The van der Waals surface area contributed by atoms with Crippen LogP contribution in [0.25, 0.3) is 10.9 Å². The molecule has 0 saturated heterocycles. The summed E-state index contributed by atoms with van der Waals surface area (Å²) in [6.07, 6.45) is 2.45. The van der Waals surface area contributed by atoms with Crippen LogP contribution in [-0.4, -0.2) is 68.2 Å².